The van der Waals surface area contributed by atoms with E-state index in [9.17, 15) is 29.8 Å². The maximum absolute atomic E-state index is 13.0. The lowest BCUT2D eigenvalue weighted by Gasteiger charge is -2.18. The molecule has 0 aliphatic carbocycles. The first-order valence-corrected chi connectivity index (χ1v) is 9.32. The van der Waals surface area contributed by atoms with Crippen LogP contribution < -0.4 is 5.32 Å². The average Bonchev–Trinajstić information content (AvgIpc) is 2.78. The van der Waals surface area contributed by atoms with Crippen molar-refractivity contribution in [2.24, 2.45) is 0 Å². The van der Waals surface area contributed by atoms with E-state index in [1.807, 2.05) is 0 Å². The molecule has 0 saturated heterocycles. The maximum atomic E-state index is 13.0. The summed E-state index contributed by atoms with van der Waals surface area (Å²) in [6.07, 6.45) is -1.42. The fourth-order valence-corrected chi connectivity index (χ4v) is 2.89. The van der Waals surface area contributed by atoms with Crippen molar-refractivity contribution < 1.29 is 24.2 Å². The van der Waals surface area contributed by atoms with Crippen LogP contribution in [0.15, 0.2) is 72.8 Å². The molecule has 0 fully saturated rings. The molecule has 10 nitrogen and oxygen atoms in total. The Bertz CT molecular complexity index is 1180. The van der Waals surface area contributed by atoms with Gasteiger partial charge in [-0.2, -0.15) is 0 Å². The van der Waals surface area contributed by atoms with Crippen molar-refractivity contribution in [3.05, 3.63) is 110 Å². The van der Waals surface area contributed by atoms with E-state index in [-0.39, 0.29) is 22.6 Å². The zero-order valence-corrected chi connectivity index (χ0v) is 16.8. The van der Waals surface area contributed by atoms with E-state index < -0.39 is 27.8 Å². The van der Waals surface area contributed by atoms with Crippen molar-refractivity contribution in [2.75, 3.05) is 5.32 Å². The molecule has 3 aromatic rings. The summed E-state index contributed by atoms with van der Waals surface area (Å²) >= 11 is 0. The molecule has 1 unspecified atom stereocenters. The zero-order valence-electron chi connectivity index (χ0n) is 16.8. The lowest BCUT2D eigenvalue weighted by molar-refractivity contribution is -0.384. The number of aryl methyl sites for hydroxylation is 1. The minimum atomic E-state index is -1.42. The summed E-state index contributed by atoms with van der Waals surface area (Å²) in [5.41, 5.74) is 0.440. The minimum Gasteiger partial charge on any atom is -0.444 e. The molecule has 0 aromatic heterocycles. The van der Waals surface area contributed by atoms with Gasteiger partial charge in [0.25, 0.3) is 17.3 Å². The van der Waals surface area contributed by atoms with Gasteiger partial charge in [0.1, 0.15) is 5.69 Å². The van der Waals surface area contributed by atoms with Crippen LogP contribution in [0.3, 0.4) is 0 Å². The van der Waals surface area contributed by atoms with Gasteiger partial charge in [-0.3, -0.25) is 25.0 Å². The van der Waals surface area contributed by atoms with Crippen LogP contribution in [0.2, 0.25) is 0 Å². The highest BCUT2D eigenvalue weighted by molar-refractivity contribution is 5.99. The first-order valence-electron chi connectivity index (χ1n) is 9.32. The number of hydrogen-bond acceptors (Lipinski definition) is 7. The fourth-order valence-electron chi connectivity index (χ4n) is 2.89. The highest BCUT2D eigenvalue weighted by Gasteiger charge is 2.28. The van der Waals surface area contributed by atoms with Crippen molar-refractivity contribution in [2.45, 2.75) is 13.0 Å². The number of nitro benzene ring substituents is 2. The third-order valence-corrected chi connectivity index (χ3v) is 4.49. The molecule has 0 spiro atoms. The Kier molecular flexibility index (Phi) is 6.54. The van der Waals surface area contributed by atoms with E-state index >= 15 is 0 Å². The summed E-state index contributed by atoms with van der Waals surface area (Å²) in [6, 6.07) is 17.2. The number of carbonyl (C=O) groups is 2. The predicted molar refractivity (Wildman–Crippen MR) is 114 cm³/mol. The Morgan fingerprint density at radius 2 is 1.56 bits per heavy atom. The van der Waals surface area contributed by atoms with Crippen LogP contribution in [0, 0.1) is 27.2 Å². The first kappa shape index (κ1) is 22.1. The topological polar surface area (TPSA) is 142 Å². The van der Waals surface area contributed by atoms with Gasteiger partial charge in [0.15, 0.2) is 0 Å². The van der Waals surface area contributed by atoms with Gasteiger partial charge < -0.3 is 10.1 Å². The molecule has 162 valence electrons. The number of carbonyl (C=O) groups excluding carboxylic acids is 2. The quantitative estimate of drug-likeness (QED) is 0.330. The van der Waals surface area contributed by atoms with Crippen LogP contribution in [-0.4, -0.2) is 21.7 Å². The molecule has 0 aliphatic heterocycles. The highest BCUT2D eigenvalue weighted by atomic mass is 16.6. The van der Waals surface area contributed by atoms with Crippen LogP contribution in [-0.2, 0) is 9.53 Å². The normalized spacial score (nSPS) is 11.3. The fraction of sp³-hybridized carbons (Fsp3) is 0.0909. The van der Waals surface area contributed by atoms with Gasteiger partial charge in [0, 0.05) is 23.8 Å². The molecule has 1 atom stereocenters. The van der Waals surface area contributed by atoms with E-state index in [1.165, 1.54) is 24.3 Å². The average molecular weight is 435 g/mol. The summed E-state index contributed by atoms with van der Waals surface area (Å²) < 4.78 is 5.39. The monoisotopic (exact) mass is 435 g/mol. The molecule has 3 rings (SSSR count). The van der Waals surface area contributed by atoms with Gasteiger partial charge in [-0.1, -0.05) is 36.4 Å². The molecule has 0 saturated carbocycles. The van der Waals surface area contributed by atoms with E-state index in [1.54, 1.807) is 43.3 Å². The zero-order chi connectivity index (χ0) is 23.3. The number of non-ortho nitro benzene ring substituents is 1. The predicted octanol–water partition coefficient (Wildman–Crippen LogP) is 4.35. The number of rotatable bonds is 7. The number of hydrogen-bond donors (Lipinski definition) is 1. The van der Waals surface area contributed by atoms with Crippen molar-refractivity contribution in [3.63, 3.8) is 0 Å². The second-order valence-electron chi connectivity index (χ2n) is 6.77. The number of nitrogens with one attached hydrogen (secondary N) is 1. The molecule has 3 aromatic carbocycles. The molecule has 1 N–H and O–H groups in total. The van der Waals surface area contributed by atoms with E-state index in [2.05, 4.69) is 5.32 Å². The SMILES string of the molecule is Cc1ccc(NC(=O)C(OC(=O)c2ccc([N+](=O)[O-])cc2)c2ccccc2)c([N+](=O)[O-])c1. The number of esters is 1. The second kappa shape index (κ2) is 9.47. The van der Waals surface area contributed by atoms with E-state index in [0.717, 1.165) is 12.1 Å². The van der Waals surface area contributed by atoms with Crippen LogP contribution in [0.5, 0.6) is 0 Å². The van der Waals surface area contributed by atoms with Crippen molar-refractivity contribution in [1.29, 1.82) is 0 Å². The van der Waals surface area contributed by atoms with Gasteiger partial charge in [-0.05, 0) is 30.7 Å². The number of nitro groups is 2. The smallest absolute Gasteiger partial charge is 0.339 e. The molecule has 1 amide bonds. The summed E-state index contributed by atoms with van der Waals surface area (Å²) in [6.45, 7) is 1.68. The second-order valence-corrected chi connectivity index (χ2v) is 6.77. The van der Waals surface area contributed by atoms with Crippen LogP contribution in [0.25, 0.3) is 0 Å². The standard InChI is InChI=1S/C22H17N3O7/c1-14-7-12-18(19(13-14)25(30)31)23-21(26)20(15-5-3-2-4-6-15)32-22(27)16-8-10-17(11-9-16)24(28)29/h2-13,20H,1H3,(H,23,26). The van der Waals surface area contributed by atoms with Crippen molar-refractivity contribution >= 4 is 28.9 Å². The Hall–Kier alpha value is -4.60. The maximum Gasteiger partial charge on any atom is 0.339 e. The van der Waals surface area contributed by atoms with E-state index in [0.29, 0.717) is 11.1 Å². The third kappa shape index (κ3) is 5.11. The van der Waals surface area contributed by atoms with Crippen LogP contribution in [0.1, 0.15) is 27.6 Å². The molecule has 32 heavy (non-hydrogen) atoms. The molecule has 0 bridgehead atoms. The van der Waals surface area contributed by atoms with Gasteiger partial charge in [0.05, 0.1) is 15.4 Å². The number of ether oxygens (including phenoxy) is 1. The number of benzene rings is 3. The molecule has 0 heterocycles. The number of nitrogens with zero attached hydrogens (tertiary/aromatic N) is 2. The summed E-state index contributed by atoms with van der Waals surface area (Å²) in [4.78, 5) is 46.5. The van der Waals surface area contributed by atoms with Crippen molar-refractivity contribution in [1.82, 2.24) is 0 Å². The summed E-state index contributed by atoms with van der Waals surface area (Å²) in [7, 11) is 0. The van der Waals surface area contributed by atoms with Gasteiger partial charge in [-0.15, -0.1) is 0 Å². The van der Waals surface area contributed by atoms with Crippen molar-refractivity contribution in [3.8, 4) is 0 Å². The first-order chi connectivity index (χ1) is 15.3. The molecular weight excluding hydrogens is 418 g/mol. The Balaban J connectivity index is 1.88. The molecular formula is C22H17N3O7. The number of amides is 1. The highest BCUT2D eigenvalue weighted by Crippen LogP contribution is 2.28. The van der Waals surface area contributed by atoms with Crippen LogP contribution >= 0.6 is 0 Å². The van der Waals surface area contributed by atoms with Gasteiger partial charge in [0.2, 0.25) is 6.10 Å². The molecule has 10 heteroatoms. The molecule has 0 aliphatic rings. The Labute approximate surface area is 181 Å². The van der Waals surface area contributed by atoms with Gasteiger partial charge >= 0.3 is 5.97 Å². The lowest BCUT2D eigenvalue weighted by Crippen LogP contribution is -2.26. The Morgan fingerprint density at radius 3 is 2.16 bits per heavy atom. The Morgan fingerprint density at radius 1 is 0.906 bits per heavy atom. The van der Waals surface area contributed by atoms with Crippen LogP contribution in [0.4, 0.5) is 17.1 Å². The lowest BCUT2D eigenvalue weighted by atomic mass is 10.1. The molecule has 0 radical (unpaired) electrons. The number of anilines is 1. The van der Waals surface area contributed by atoms with Gasteiger partial charge in [-0.25, -0.2) is 4.79 Å². The summed E-state index contributed by atoms with van der Waals surface area (Å²) in [5, 5.41) is 24.6. The minimum absolute atomic E-state index is 0.00523. The van der Waals surface area contributed by atoms with E-state index in [4.69, 9.17) is 4.74 Å². The summed E-state index contributed by atoms with van der Waals surface area (Å²) in [5.74, 6) is -1.68. The third-order valence-electron chi connectivity index (χ3n) is 4.49. The largest absolute Gasteiger partial charge is 0.444 e.